The summed E-state index contributed by atoms with van der Waals surface area (Å²) in [6.07, 6.45) is 4.07. The molecule has 0 radical (unpaired) electrons. The van der Waals surface area contributed by atoms with Crippen molar-refractivity contribution in [2.75, 3.05) is 19.7 Å². The Morgan fingerprint density at radius 3 is 2.87 bits per heavy atom. The van der Waals surface area contributed by atoms with Crippen molar-refractivity contribution in [2.24, 2.45) is 0 Å². The minimum absolute atomic E-state index is 0.0819. The van der Waals surface area contributed by atoms with E-state index >= 15 is 0 Å². The van der Waals surface area contributed by atoms with Crippen molar-refractivity contribution in [2.45, 2.75) is 38.0 Å². The molecule has 3 N–H and O–H groups in total. The lowest BCUT2D eigenvalue weighted by Crippen LogP contribution is -2.51. The minimum Gasteiger partial charge on any atom is -0.358 e. The highest BCUT2D eigenvalue weighted by Crippen LogP contribution is 2.08. The van der Waals surface area contributed by atoms with Crippen molar-refractivity contribution in [3.63, 3.8) is 0 Å². The summed E-state index contributed by atoms with van der Waals surface area (Å²) in [5.74, 6) is 0. The molecule has 15 heavy (non-hydrogen) atoms. The first kappa shape index (κ1) is 10.7. The van der Waals surface area contributed by atoms with Gasteiger partial charge in [-0.2, -0.15) is 0 Å². The van der Waals surface area contributed by atoms with Crippen molar-refractivity contribution in [1.82, 2.24) is 16.0 Å². The Balaban J connectivity index is 1.66. The minimum atomic E-state index is -0.101. The molecule has 2 unspecified atom stereocenters. The van der Waals surface area contributed by atoms with E-state index in [9.17, 15) is 4.79 Å². The first-order chi connectivity index (χ1) is 7.34. The van der Waals surface area contributed by atoms with E-state index in [4.69, 9.17) is 4.74 Å². The highest BCUT2D eigenvalue weighted by atomic mass is 16.5. The van der Waals surface area contributed by atoms with Crippen LogP contribution in [0, 0.1) is 0 Å². The number of urea groups is 1. The Kier molecular flexibility index (Phi) is 3.80. The Morgan fingerprint density at radius 1 is 1.27 bits per heavy atom. The summed E-state index contributed by atoms with van der Waals surface area (Å²) in [5, 5.41) is 9.04. The van der Waals surface area contributed by atoms with Gasteiger partial charge in [-0.15, -0.1) is 0 Å². The number of amides is 2. The van der Waals surface area contributed by atoms with Crippen LogP contribution in [0.3, 0.4) is 0 Å². The van der Waals surface area contributed by atoms with Crippen molar-refractivity contribution in [3.05, 3.63) is 0 Å². The van der Waals surface area contributed by atoms with E-state index in [1.54, 1.807) is 0 Å². The number of hydrogen-bond acceptors (Lipinski definition) is 3. The van der Waals surface area contributed by atoms with Gasteiger partial charge >= 0.3 is 6.03 Å². The third-order valence-corrected chi connectivity index (χ3v) is 2.85. The molecule has 2 fully saturated rings. The van der Waals surface area contributed by atoms with E-state index in [2.05, 4.69) is 16.0 Å². The first-order valence-electron chi connectivity index (χ1n) is 5.74. The lowest BCUT2D eigenvalue weighted by atomic mass is 10.1. The molecule has 0 aromatic carbocycles. The summed E-state index contributed by atoms with van der Waals surface area (Å²) in [6, 6.07) is 0.163. The Labute approximate surface area is 89.9 Å². The molecule has 0 bridgehead atoms. The van der Waals surface area contributed by atoms with Gasteiger partial charge in [0.05, 0.1) is 0 Å². The summed E-state index contributed by atoms with van der Waals surface area (Å²) in [7, 11) is 0. The number of ether oxygens (including phenoxy) is 1. The van der Waals surface area contributed by atoms with Gasteiger partial charge in [0.1, 0.15) is 6.23 Å². The predicted octanol–water partition coefficient (Wildman–Crippen LogP) is 0.174. The second-order valence-electron chi connectivity index (χ2n) is 4.16. The van der Waals surface area contributed by atoms with E-state index in [0.29, 0.717) is 0 Å². The van der Waals surface area contributed by atoms with Gasteiger partial charge in [-0.3, -0.25) is 0 Å². The molecule has 0 saturated carbocycles. The average Bonchev–Trinajstić information content (AvgIpc) is 2.71. The molecule has 0 aromatic rings. The second kappa shape index (κ2) is 5.32. The zero-order valence-corrected chi connectivity index (χ0v) is 8.92. The van der Waals surface area contributed by atoms with Crippen LogP contribution in [0.15, 0.2) is 0 Å². The maximum Gasteiger partial charge on any atom is 0.317 e. The normalized spacial score (nSPS) is 31.2. The molecular weight excluding hydrogens is 194 g/mol. The van der Waals surface area contributed by atoms with Gasteiger partial charge in [0.15, 0.2) is 0 Å². The number of hydrogen-bond donors (Lipinski definition) is 3. The molecule has 0 aliphatic carbocycles. The molecule has 2 atom stereocenters. The fourth-order valence-electron chi connectivity index (χ4n) is 2.04. The maximum atomic E-state index is 11.5. The van der Waals surface area contributed by atoms with Crippen LogP contribution in [-0.2, 0) is 4.74 Å². The zero-order chi connectivity index (χ0) is 10.5. The lowest BCUT2D eigenvalue weighted by molar-refractivity contribution is 0.0900. The summed E-state index contributed by atoms with van der Waals surface area (Å²) in [4.78, 5) is 11.5. The number of carbonyl (C=O) groups excluding carboxylic acids is 1. The van der Waals surface area contributed by atoms with Crippen LogP contribution in [0.25, 0.3) is 0 Å². The van der Waals surface area contributed by atoms with Crippen molar-refractivity contribution in [3.8, 4) is 0 Å². The highest BCUT2D eigenvalue weighted by molar-refractivity contribution is 5.74. The molecule has 5 nitrogen and oxygen atoms in total. The van der Waals surface area contributed by atoms with Crippen LogP contribution in [-0.4, -0.2) is 38.0 Å². The molecule has 2 amide bonds. The van der Waals surface area contributed by atoms with E-state index in [1.807, 2.05) is 0 Å². The number of piperidine rings is 1. The SMILES string of the molecule is O=C(NC1CCCNC1)NC1CCCO1. The molecule has 2 aliphatic rings. The zero-order valence-electron chi connectivity index (χ0n) is 8.92. The van der Waals surface area contributed by atoms with Crippen LogP contribution >= 0.6 is 0 Å². The predicted molar refractivity (Wildman–Crippen MR) is 56.5 cm³/mol. The first-order valence-corrected chi connectivity index (χ1v) is 5.74. The van der Waals surface area contributed by atoms with E-state index in [0.717, 1.165) is 45.4 Å². The van der Waals surface area contributed by atoms with Gasteiger partial charge in [-0.05, 0) is 32.2 Å². The van der Waals surface area contributed by atoms with Crippen LogP contribution in [0.5, 0.6) is 0 Å². The average molecular weight is 213 g/mol. The summed E-state index contributed by atoms with van der Waals surface area (Å²) < 4.78 is 5.33. The van der Waals surface area contributed by atoms with Crippen LogP contribution in [0.4, 0.5) is 4.79 Å². The third kappa shape index (κ3) is 3.35. The van der Waals surface area contributed by atoms with Gasteiger partial charge in [0, 0.05) is 19.2 Å². The lowest BCUT2D eigenvalue weighted by Gasteiger charge is -2.24. The second-order valence-corrected chi connectivity index (χ2v) is 4.16. The van der Waals surface area contributed by atoms with Gasteiger partial charge < -0.3 is 20.7 Å². The van der Waals surface area contributed by atoms with Crippen LogP contribution in [0.2, 0.25) is 0 Å². The van der Waals surface area contributed by atoms with Crippen LogP contribution in [0.1, 0.15) is 25.7 Å². The van der Waals surface area contributed by atoms with Crippen LogP contribution < -0.4 is 16.0 Å². The van der Waals surface area contributed by atoms with Gasteiger partial charge in [0.25, 0.3) is 0 Å². The highest BCUT2D eigenvalue weighted by Gasteiger charge is 2.20. The summed E-state index contributed by atoms with van der Waals surface area (Å²) in [6.45, 7) is 2.69. The molecule has 2 aliphatic heterocycles. The Hall–Kier alpha value is -0.810. The number of nitrogens with one attached hydrogen (secondary N) is 3. The third-order valence-electron chi connectivity index (χ3n) is 2.85. The molecule has 0 spiro atoms. The molecule has 0 aromatic heterocycles. The fraction of sp³-hybridized carbons (Fsp3) is 0.900. The smallest absolute Gasteiger partial charge is 0.317 e. The van der Waals surface area contributed by atoms with Crippen molar-refractivity contribution < 1.29 is 9.53 Å². The summed E-state index contributed by atoms with van der Waals surface area (Å²) >= 11 is 0. The molecule has 2 rings (SSSR count). The topological polar surface area (TPSA) is 62.4 Å². The van der Waals surface area contributed by atoms with Crippen molar-refractivity contribution >= 4 is 6.03 Å². The molecule has 2 heterocycles. The number of carbonyl (C=O) groups is 1. The Morgan fingerprint density at radius 2 is 2.20 bits per heavy atom. The Bertz CT molecular complexity index is 211. The van der Waals surface area contributed by atoms with Gasteiger partial charge in [0.2, 0.25) is 0 Å². The van der Waals surface area contributed by atoms with E-state index < -0.39 is 0 Å². The maximum absolute atomic E-state index is 11.5. The van der Waals surface area contributed by atoms with Gasteiger partial charge in [-0.25, -0.2) is 4.79 Å². The molecule has 5 heteroatoms. The molecular formula is C10H19N3O2. The number of rotatable bonds is 2. The summed E-state index contributed by atoms with van der Waals surface area (Å²) in [5.41, 5.74) is 0. The molecule has 86 valence electrons. The quantitative estimate of drug-likeness (QED) is 0.613. The van der Waals surface area contributed by atoms with E-state index in [-0.39, 0.29) is 18.3 Å². The largest absolute Gasteiger partial charge is 0.358 e. The standard InChI is InChI=1S/C10H19N3O2/c14-10(13-9-4-2-6-15-9)12-8-3-1-5-11-7-8/h8-9,11H,1-7H2,(H2,12,13,14). The monoisotopic (exact) mass is 213 g/mol. The fourth-order valence-corrected chi connectivity index (χ4v) is 2.04. The van der Waals surface area contributed by atoms with E-state index in [1.165, 1.54) is 0 Å². The molecule has 2 saturated heterocycles. The van der Waals surface area contributed by atoms with Gasteiger partial charge in [-0.1, -0.05) is 0 Å². The van der Waals surface area contributed by atoms with Crippen molar-refractivity contribution in [1.29, 1.82) is 0 Å².